The zero-order valence-electron chi connectivity index (χ0n) is 21.7. The van der Waals surface area contributed by atoms with Crippen LogP contribution in [0.5, 0.6) is 11.5 Å². The normalized spacial score (nSPS) is 15.3. The van der Waals surface area contributed by atoms with E-state index in [0.29, 0.717) is 19.8 Å². The summed E-state index contributed by atoms with van der Waals surface area (Å²) in [7, 11) is 1.35. The lowest BCUT2D eigenvalue weighted by Crippen LogP contribution is -2.36. The number of hydrogen-bond donors (Lipinski definition) is 0. The fraction of sp³-hybridized carbons (Fsp3) is 0.312. The summed E-state index contributed by atoms with van der Waals surface area (Å²) in [5.41, 5.74) is 4.84. The molecule has 196 valence electrons. The van der Waals surface area contributed by atoms with Crippen molar-refractivity contribution in [2.45, 2.75) is 38.6 Å². The maximum absolute atomic E-state index is 13.8. The van der Waals surface area contributed by atoms with Crippen LogP contribution >= 0.6 is 0 Å². The number of carbonyl (C=O) groups is 2. The molecule has 0 bridgehead atoms. The molecule has 6 heteroatoms. The molecule has 0 saturated heterocycles. The SMILES string of the molecule is COC(=O)C=Cc1cccc(N(Cc2ccc(-c3ccc4c(c3)OCCO4)cc2)C(=O)C2CCCCC2)c1. The summed E-state index contributed by atoms with van der Waals surface area (Å²) in [6.45, 7) is 1.60. The molecule has 2 aliphatic rings. The quantitative estimate of drug-likeness (QED) is 0.270. The van der Waals surface area contributed by atoms with Gasteiger partial charge < -0.3 is 19.1 Å². The minimum absolute atomic E-state index is 0.0370. The maximum atomic E-state index is 13.8. The fourth-order valence-electron chi connectivity index (χ4n) is 5.10. The van der Waals surface area contributed by atoms with E-state index < -0.39 is 5.97 Å². The highest BCUT2D eigenvalue weighted by molar-refractivity contribution is 5.95. The number of ether oxygens (including phenoxy) is 3. The zero-order chi connectivity index (χ0) is 26.3. The zero-order valence-corrected chi connectivity index (χ0v) is 21.7. The lowest BCUT2D eigenvalue weighted by Gasteiger charge is -2.30. The lowest BCUT2D eigenvalue weighted by molar-refractivity contribution is -0.134. The monoisotopic (exact) mass is 511 g/mol. The largest absolute Gasteiger partial charge is 0.486 e. The molecular weight excluding hydrogens is 478 g/mol. The molecule has 3 aromatic rings. The standard InChI is InChI=1S/C32H33NO5/c1-36-31(34)17-12-23-6-5-9-28(20-23)33(32(35)26-7-3-2-4-8-26)22-24-10-13-25(14-11-24)27-15-16-29-30(21-27)38-19-18-37-29/h5-6,9-17,20-21,26H,2-4,7-8,18-19,22H2,1H3. The number of esters is 1. The number of rotatable bonds is 7. The molecule has 0 aromatic heterocycles. The topological polar surface area (TPSA) is 65.1 Å². The summed E-state index contributed by atoms with van der Waals surface area (Å²) in [6.07, 6.45) is 8.34. The van der Waals surface area contributed by atoms with Crippen LogP contribution in [-0.2, 0) is 20.9 Å². The van der Waals surface area contributed by atoms with Crippen LogP contribution in [-0.4, -0.2) is 32.2 Å². The van der Waals surface area contributed by atoms with Crippen LogP contribution in [0.2, 0.25) is 0 Å². The number of hydrogen-bond acceptors (Lipinski definition) is 5. The van der Waals surface area contributed by atoms with E-state index in [0.717, 1.165) is 65.1 Å². The highest BCUT2D eigenvalue weighted by Crippen LogP contribution is 2.35. The van der Waals surface area contributed by atoms with Gasteiger partial charge in [0.1, 0.15) is 13.2 Å². The van der Waals surface area contributed by atoms with E-state index in [1.807, 2.05) is 47.4 Å². The van der Waals surface area contributed by atoms with Crippen molar-refractivity contribution in [3.63, 3.8) is 0 Å². The van der Waals surface area contributed by atoms with Crippen molar-refractivity contribution >= 4 is 23.6 Å². The first-order chi connectivity index (χ1) is 18.6. The van der Waals surface area contributed by atoms with Crippen molar-refractivity contribution in [3.05, 3.63) is 83.9 Å². The van der Waals surface area contributed by atoms with Gasteiger partial charge in [0, 0.05) is 17.7 Å². The summed E-state index contributed by atoms with van der Waals surface area (Å²) in [5, 5.41) is 0. The maximum Gasteiger partial charge on any atom is 0.330 e. The van der Waals surface area contributed by atoms with Crippen LogP contribution in [0.3, 0.4) is 0 Å². The molecule has 3 aromatic carbocycles. The average molecular weight is 512 g/mol. The van der Waals surface area contributed by atoms with Gasteiger partial charge in [0.25, 0.3) is 0 Å². The Morgan fingerprint density at radius 3 is 2.39 bits per heavy atom. The number of benzene rings is 3. The Balaban J connectivity index is 1.39. The van der Waals surface area contributed by atoms with Gasteiger partial charge >= 0.3 is 5.97 Å². The van der Waals surface area contributed by atoms with Crippen LogP contribution in [0.25, 0.3) is 17.2 Å². The van der Waals surface area contributed by atoms with Crippen LogP contribution in [0.15, 0.2) is 72.8 Å². The average Bonchev–Trinajstić information content (AvgIpc) is 2.99. The third kappa shape index (κ3) is 6.08. The van der Waals surface area contributed by atoms with Gasteiger partial charge in [0.05, 0.1) is 13.7 Å². The van der Waals surface area contributed by atoms with Crippen molar-refractivity contribution in [3.8, 4) is 22.6 Å². The van der Waals surface area contributed by atoms with Crippen LogP contribution in [0, 0.1) is 5.92 Å². The van der Waals surface area contributed by atoms with Crippen molar-refractivity contribution in [1.29, 1.82) is 0 Å². The summed E-state index contributed by atoms with van der Waals surface area (Å²) >= 11 is 0. The van der Waals surface area contributed by atoms with Gasteiger partial charge in [0.15, 0.2) is 11.5 Å². The first kappa shape index (κ1) is 25.6. The minimum atomic E-state index is -0.413. The molecular formula is C32H33NO5. The van der Waals surface area contributed by atoms with Gasteiger partial charge in [-0.1, -0.05) is 61.7 Å². The van der Waals surface area contributed by atoms with Gasteiger partial charge in [-0.15, -0.1) is 0 Å². The molecule has 1 fully saturated rings. The first-order valence-electron chi connectivity index (χ1n) is 13.3. The molecule has 0 N–H and O–H groups in total. The Morgan fingerprint density at radius 1 is 0.895 bits per heavy atom. The van der Waals surface area contributed by atoms with E-state index in [1.165, 1.54) is 19.6 Å². The van der Waals surface area contributed by atoms with Gasteiger partial charge in [-0.25, -0.2) is 4.79 Å². The Kier molecular flexibility index (Phi) is 8.07. The van der Waals surface area contributed by atoms with Crippen molar-refractivity contribution < 1.29 is 23.8 Å². The highest BCUT2D eigenvalue weighted by Gasteiger charge is 2.27. The molecule has 1 saturated carbocycles. The molecule has 1 aliphatic carbocycles. The Bertz CT molecular complexity index is 1310. The molecule has 0 unspecified atom stereocenters. The molecule has 6 nitrogen and oxygen atoms in total. The number of fused-ring (bicyclic) bond motifs is 1. The number of carbonyl (C=O) groups excluding carboxylic acids is 2. The molecule has 5 rings (SSSR count). The molecule has 0 radical (unpaired) electrons. The molecule has 1 amide bonds. The van der Waals surface area contributed by atoms with Gasteiger partial charge in [-0.2, -0.15) is 0 Å². The van der Waals surface area contributed by atoms with Crippen molar-refractivity contribution in [2.75, 3.05) is 25.2 Å². The van der Waals surface area contributed by atoms with E-state index in [1.54, 1.807) is 6.08 Å². The summed E-state index contributed by atoms with van der Waals surface area (Å²) < 4.78 is 16.1. The van der Waals surface area contributed by atoms with E-state index in [4.69, 9.17) is 14.2 Å². The second-order valence-electron chi connectivity index (χ2n) is 9.77. The van der Waals surface area contributed by atoms with Crippen LogP contribution in [0.1, 0.15) is 43.2 Å². The number of anilines is 1. The number of nitrogens with zero attached hydrogens (tertiary/aromatic N) is 1. The van der Waals surface area contributed by atoms with Gasteiger partial charge in [0.2, 0.25) is 5.91 Å². The van der Waals surface area contributed by atoms with E-state index >= 15 is 0 Å². The highest BCUT2D eigenvalue weighted by atomic mass is 16.6. The molecule has 0 spiro atoms. The molecule has 38 heavy (non-hydrogen) atoms. The Morgan fingerprint density at radius 2 is 1.63 bits per heavy atom. The minimum Gasteiger partial charge on any atom is -0.486 e. The van der Waals surface area contributed by atoms with Crippen LogP contribution < -0.4 is 14.4 Å². The van der Waals surface area contributed by atoms with E-state index in [-0.39, 0.29) is 11.8 Å². The Hall–Kier alpha value is -4.06. The fourth-order valence-corrected chi connectivity index (χ4v) is 5.10. The third-order valence-corrected chi connectivity index (χ3v) is 7.19. The lowest BCUT2D eigenvalue weighted by atomic mass is 9.88. The molecule has 0 atom stereocenters. The predicted octanol–water partition coefficient (Wildman–Crippen LogP) is 6.42. The predicted molar refractivity (Wildman–Crippen MR) is 148 cm³/mol. The van der Waals surface area contributed by atoms with Gasteiger partial charge in [-0.3, -0.25) is 4.79 Å². The smallest absolute Gasteiger partial charge is 0.330 e. The number of amides is 1. The summed E-state index contributed by atoms with van der Waals surface area (Å²) in [5.74, 6) is 1.33. The van der Waals surface area contributed by atoms with Gasteiger partial charge in [-0.05, 0) is 65.4 Å². The Labute approximate surface area is 223 Å². The van der Waals surface area contributed by atoms with E-state index in [2.05, 4.69) is 24.3 Å². The first-order valence-corrected chi connectivity index (χ1v) is 13.3. The summed E-state index contributed by atoms with van der Waals surface area (Å²) in [6, 6.07) is 22.0. The van der Waals surface area contributed by atoms with Crippen molar-refractivity contribution in [1.82, 2.24) is 0 Å². The van der Waals surface area contributed by atoms with Crippen molar-refractivity contribution in [2.24, 2.45) is 5.92 Å². The third-order valence-electron chi connectivity index (χ3n) is 7.19. The molecule has 1 heterocycles. The molecule has 1 aliphatic heterocycles. The second kappa shape index (κ2) is 12.0. The van der Waals surface area contributed by atoms with Crippen LogP contribution in [0.4, 0.5) is 5.69 Å². The van der Waals surface area contributed by atoms with E-state index in [9.17, 15) is 9.59 Å². The number of methoxy groups -OCH3 is 1. The second-order valence-corrected chi connectivity index (χ2v) is 9.77. The summed E-state index contributed by atoms with van der Waals surface area (Å²) in [4.78, 5) is 27.2.